The molecule has 5 heteroatoms. The molecule has 1 fully saturated rings. The Kier molecular flexibility index (Phi) is 4.73. The van der Waals surface area contributed by atoms with Gasteiger partial charge in [0, 0.05) is 5.92 Å². The van der Waals surface area contributed by atoms with E-state index in [1.54, 1.807) is 6.92 Å². The molecule has 0 radical (unpaired) electrons. The van der Waals surface area contributed by atoms with E-state index in [4.69, 9.17) is 9.26 Å². The van der Waals surface area contributed by atoms with E-state index in [9.17, 15) is 4.79 Å². The van der Waals surface area contributed by atoms with E-state index in [1.165, 1.54) is 25.7 Å². The predicted molar refractivity (Wildman–Crippen MR) is 65.1 cm³/mol. The lowest BCUT2D eigenvalue weighted by molar-refractivity contribution is -0.142. The molecule has 1 heterocycles. The van der Waals surface area contributed by atoms with Crippen LogP contribution in [-0.4, -0.2) is 22.7 Å². The van der Waals surface area contributed by atoms with Gasteiger partial charge in [-0.05, 0) is 19.8 Å². The first-order valence-corrected chi connectivity index (χ1v) is 6.77. The maximum atomic E-state index is 11.3. The molecule has 1 aliphatic rings. The van der Waals surface area contributed by atoms with Gasteiger partial charge in [-0.1, -0.05) is 30.8 Å². The third-order valence-corrected chi connectivity index (χ3v) is 3.31. The summed E-state index contributed by atoms with van der Waals surface area (Å²) in [5.74, 6) is 1.21. The summed E-state index contributed by atoms with van der Waals surface area (Å²) in [6, 6.07) is 0. The van der Waals surface area contributed by atoms with Crippen molar-refractivity contribution < 1.29 is 14.1 Å². The number of carbonyl (C=O) groups is 1. The van der Waals surface area contributed by atoms with E-state index in [1.807, 2.05) is 0 Å². The largest absolute Gasteiger partial charge is 0.466 e. The SMILES string of the molecule is CCOC(=O)Cc1nc(C2CCCCCC2)no1. The lowest BCUT2D eigenvalue weighted by Crippen LogP contribution is -2.08. The van der Waals surface area contributed by atoms with Crippen LogP contribution in [-0.2, 0) is 16.0 Å². The normalized spacial score (nSPS) is 17.4. The first-order chi connectivity index (χ1) is 8.79. The number of nitrogens with zero attached hydrogens (tertiary/aromatic N) is 2. The van der Waals surface area contributed by atoms with Crippen molar-refractivity contribution in [2.24, 2.45) is 0 Å². The number of esters is 1. The first kappa shape index (κ1) is 13.1. The van der Waals surface area contributed by atoms with Crippen LogP contribution in [0.3, 0.4) is 0 Å². The van der Waals surface area contributed by atoms with Crippen molar-refractivity contribution in [2.75, 3.05) is 6.61 Å². The van der Waals surface area contributed by atoms with Crippen molar-refractivity contribution in [1.29, 1.82) is 0 Å². The second-order valence-corrected chi connectivity index (χ2v) is 4.72. The summed E-state index contributed by atoms with van der Waals surface area (Å²) in [6.07, 6.45) is 7.37. The van der Waals surface area contributed by atoms with Gasteiger partial charge in [0.25, 0.3) is 0 Å². The van der Waals surface area contributed by atoms with Crippen molar-refractivity contribution in [3.63, 3.8) is 0 Å². The Morgan fingerprint density at radius 1 is 1.33 bits per heavy atom. The van der Waals surface area contributed by atoms with Crippen LogP contribution < -0.4 is 0 Å². The van der Waals surface area contributed by atoms with Crippen molar-refractivity contribution in [3.8, 4) is 0 Å². The first-order valence-electron chi connectivity index (χ1n) is 6.77. The fraction of sp³-hybridized carbons (Fsp3) is 0.769. The highest BCUT2D eigenvalue weighted by molar-refractivity contribution is 5.71. The van der Waals surface area contributed by atoms with Crippen molar-refractivity contribution in [1.82, 2.24) is 10.1 Å². The summed E-state index contributed by atoms with van der Waals surface area (Å²) in [5, 5.41) is 4.00. The Bertz CT molecular complexity index is 381. The summed E-state index contributed by atoms with van der Waals surface area (Å²) in [6.45, 7) is 2.16. The van der Waals surface area contributed by atoms with Crippen LogP contribution >= 0.6 is 0 Å². The third kappa shape index (κ3) is 3.55. The molecule has 0 atom stereocenters. The smallest absolute Gasteiger partial charge is 0.315 e. The quantitative estimate of drug-likeness (QED) is 0.608. The molecule has 18 heavy (non-hydrogen) atoms. The van der Waals surface area contributed by atoms with E-state index in [0.717, 1.165) is 18.7 Å². The number of ether oxygens (including phenoxy) is 1. The zero-order valence-corrected chi connectivity index (χ0v) is 10.9. The second-order valence-electron chi connectivity index (χ2n) is 4.72. The molecule has 0 saturated heterocycles. The molecule has 0 bridgehead atoms. The van der Waals surface area contributed by atoms with Gasteiger partial charge in [0.05, 0.1) is 6.61 Å². The van der Waals surface area contributed by atoms with Crippen LogP contribution in [0.4, 0.5) is 0 Å². The highest BCUT2D eigenvalue weighted by Gasteiger charge is 2.20. The van der Waals surface area contributed by atoms with Gasteiger partial charge in [-0.25, -0.2) is 0 Å². The van der Waals surface area contributed by atoms with Crippen LogP contribution in [0.5, 0.6) is 0 Å². The molecule has 0 unspecified atom stereocenters. The van der Waals surface area contributed by atoms with Gasteiger partial charge >= 0.3 is 5.97 Å². The Labute approximate surface area is 107 Å². The lowest BCUT2D eigenvalue weighted by Gasteiger charge is -2.07. The van der Waals surface area contributed by atoms with Gasteiger partial charge in [-0.2, -0.15) is 4.98 Å². The predicted octanol–water partition coefficient (Wildman–Crippen LogP) is 2.61. The van der Waals surface area contributed by atoms with E-state index < -0.39 is 0 Å². The van der Waals surface area contributed by atoms with E-state index in [-0.39, 0.29) is 12.4 Å². The number of carbonyl (C=O) groups excluding carboxylic acids is 1. The topological polar surface area (TPSA) is 65.2 Å². The summed E-state index contributed by atoms with van der Waals surface area (Å²) < 4.78 is 9.97. The maximum Gasteiger partial charge on any atom is 0.315 e. The van der Waals surface area contributed by atoms with Gasteiger partial charge in [0.15, 0.2) is 5.82 Å². The van der Waals surface area contributed by atoms with Crippen LogP contribution in [0.1, 0.15) is 63.1 Å². The molecular weight excluding hydrogens is 232 g/mol. The minimum absolute atomic E-state index is 0.0769. The molecule has 0 aliphatic heterocycles. The average Bonchev–Trinajstić information content (AvgIpc) is 2.64. The van der Waals surface area contributed by atoms with E-state index in [2.05, 4.69) is 10.1 Å². The van der Waals surface area contributed by atoms with Crippen LogP contribution in [0.25, 0.3) is 0 Å². The summed E-state index contributed by atoms with van der Waals surface area (Å²) in [4.78, 5) is 15.6. The van der Waals surface area contributed by atoms with Crippen molar-refractivity contribution in [3.05, 3.63) is 11.7 Å². The highest BCUT2D eigenvalue weighted by atomic mass is 16.5. The zero-order valence-electron chi connectivity index (χ0n) is 10.9. The monoisotopic (exact) mass is 252 g/mol. The van der Waals surface area contributed by atoms with Crippen molar-refractivity contribution >= 4 is 5.97 Å². The van der Waals surface area contributed by atoms with Gasteiger partial charge in [-0.3, -0.25) is 4.79 Å². The van der Waals surface area contributed by atoms with Crippen LogP contribution in [0, 0.1) is 0 Å². The second kappa shape index (κ2) is 6.52. The molecule has 5 nitrogen and oxygen atoms in total. The van der Waals surface area contributed by atoms with Crippen LogP contribution in [0.2, 0.25) is 0 Å². The van der Waals surface area contributed by atoms with E-state index >= 15 is 0 Å². The summed E-state index contributed by atoms with van der Waals surface area (Å²) >= 11 is 0. The molecule has 0 amide bonds. The molecule has 0 aromatic carbocycles. The Morgan fingerprint density at radius 3 is 2.72 bits per heavy atom. The third-order valence-electron chi connectivity index (χ3n) is 3.31. The van der Waals surface area contributed by atoms with Gasteiger partial charge in [0.1, 0.15) is 6.42 Å². The van der Waals surface area contributed by atoms with Gasteiger partial charge < -0.3 is 9.26 Å². The van der Waals surface area contributed by atoms with Crippen LogP contribution in [0.15, 0.2) is 4.52 Å². The molecule has 1 aromatic heterocycles. The molecule has 1 aromatic rings. The number of hydrogen-bond donors (Lipinski definition) is 0. The summed E-state index contributed by atoms with van der Waals surface area (Å²) in [5.41, 5.74) is 0. The number of rotatable bonds is 4. The summed E-state index contributed by atoms with van der Waals surface area (Å²) in [7, 11) is 0. The molecule has 100 valence electrons. The highest BCUT2D eigenvalue weighted by Crippen LogP contribution is 2.29. The lowest BCUT2D eigenvalue weighted by atomic mass is 10.00. The standard InChI is InChI=1S/C13H20N2O3/c1-2-17-12(16)9-11-14-13(15-18-11)10-7-5-3-4-6-8-10/h10H,2-9H2,1H3. The Morgan fingerprint density at radius 2 is 2.06 bits per heavy atom. The fourth-order valence-electron chi connectivity index (χ4n) is 2.38. The Balaban J connectivity index is 1.94. The molecule has 1 saturated carbocycles. The zero-order chi connectivity index (χ0) is 12.8. The Hall–Kier alpha value is -1.39. The average molecular weight is 252 g/mol. The van der Waals surface area contributed by atoms with Gasteiger partial charge in [-0.15, -0.1) is 0 Å². The van der Waals surface area contributed by atoms with E-state index in [0.29, 0.717) is 18.4 Å². The number of hydrogen-bond acceptors (Lipinski definition) is 5. The maximum absolute atomic E-state index is 11.3. The fourth-order valence-corrected chi connectivity index (χ4v) is 2.38. The molecule has 0 N–H and O–H groups in total. The van der Waals surface area contributed by atoms with Crippen molar-refractivity contribution in [2.45, 2.75) is 57.8 Å². The molecule has 0 spiro atoms. The minimum atomic E-state index is -0.312. The molecular formula is C13H20N2O3. The molecule has 2 rings (SSSR count). The molecule has 1 aliphatic carbocycles. The van der Waals surface area contributed by atoms with Gasteiger partial charge in [0.2, 0.25) is 5.89 Å². The number of aromatic nitrogens is 2. The minimum Gasteiger partial charge on any atom is -0.466 e.